The molecule has 0 aliphatic rings. The molecule has 0 unspecified atom stereocenters. The summed E-state index contributed by atoms with van der Waals surface area (Å²) in [5.74, 6) is -1.92. The summed E-state index contributed by atoms with van der Waals surface area (Å²) in [4.78, 5) is 23.8. The first-order chi connectivity index (χ1) is 7.92. The highest BCUT2D eigenvalue weighted by molar-refractivity contribution is 7.89. The molecule has 0 saturated carbocycles. The molecule has 0 saturated heterocycles. The Morgan fingerprint density at radius 3 is 2.59 bits per heavy atom. The fraction of sp³-hybridized carbons (Fsp3) is 0.250. The number of aliphatic carboxylic acids is 1. The maximum absolute atomic E-state index is 11.5. The van der Waals surface area contributed by atoms with Crippen LogP contribution in [-0.2, 0) is 19.6 Å². The lowest BCUT2D eigenvalue weighted by Crippen LogP contribution is -2.38. The van der Waals surface area contributed by atoms with E-state index < -0.39 is 35.0 Å². The number of hydrogen-bond acceptors (Lipinski definition) is 4. The predicted molar refractivity (Wildman–Crippen MR) is 56.6 cm³/mol. The van der Waals surface area contributed by atoms with Gasteiger partial charge in [-0.15, -0.1) is 0 Å². The van der Waals surface area contributed by atoms with Gasteiger partial charge in [0.1, 0.15) is 6.54 Å². The molecule has 94 valence electrons. The molecule has 0 radical (unpaired) electrons. The number of aromatic amines is 1. The van der Waals surface area contributed by atoms with Crippen LogP contribution in [0.4, 0.5) is 0 Å². The highest BCUT2D eigenvalue weighted by Gasteiger charge is 2.15. The molecule has 0 aliphatic carbocycles. The predicted octanol–water partition coefficient (Wildman–Crippen LogP) is -1.51. The minimum Gasteiger partial charge on any atom is -0.480 e. The average molecular weight is 261 g/mol. The number of carbonyl (C=O) groups is 2. The van der Waals surface area contributed by atoms with E-state index in [1.54, 1.807) is 0 Å². The second kappa shape index (κ2) is 5.46. The fourth-order valence-corrected chi connectivity index (χ4v) is 1.91. The van der Waals surface area contributed by atoms with Crippen molar-refractivity contribution in [3.8, 4) is 0 Å². The molecular formula is C8H11N3O5S. The van der Waals surface area contributed by atoms with Crippen LogP contribution in [0.15, 0.2) is 23.4 Å². The van der Waals surface area contributed by atoms with E-state index in [0.29, 0.717) is 0 Å². The minimum atomic E-state index is -3.74. The fourth-order valence-electron chi connectivity index (χ4n) is 0.956. The van der Waals surface area contributed by atoms with Crippen molar-refractivity contribution in [1.82, 2.24) is 15.0 Å². The summed E-state index contributed by atoms with van der Waals surface area (Å²) in [6.45, 7) is -1.06. The Morgan fingerprint density at radius 2 is 2.06 bits per heavy atom. The smallest absolute Gasteiger partial charge is 0.322 e. The van der Waals surface area contributed by atoms with Crippen LogP contribution in [0.25, 0.3) is 0 Å². The van der Waals surface area contributed by atoms with Crippen LogP contribution in [0.2, 0.25) is 0 Å². The standard InChI is InChI=1S/C8H11N3O5S/c12-7(10-5-8(13)14)4-11-17(15,16)6-1-2-9-3-6/h1-3,9,11H,4-5H2,(H,10,12)(H,13,14). The number of nitrogens with one attached hydrogen (secondary N) is 3. The highest BCUT2D eigenvalue weighted by atomic mass is 32.2. The van der Waals surface area contributed by atoms with E-state index in [1.807, 2.05) is 10.0 Å². The Balaban J connectivity index is 2.46. The molecule has 0 atom stereocenters. The van der Waals surface area contributed by atoms with E-state index in [1.165, 1.54) is 18.5 Å². The number of carboxylic acids is 1. The summed E-state index contributed by atoms with van der Waals surface area (Å²) in [5.41, 5.74) is 0. The van der Waals surface area contributed by atoms with Gasteiger partial charge in [0, 0.05) is 12.4 Å². The van der Waals surface area contributed by atoms with Gasteiger partial charge in [-0.2, -0.15) is 0 Å². The molecule has 0 aromatic carbocycles. The molecule has 0 aliphatic heterocycles. The van der Waals surface area contributed by atoms with E-state index in [-0.39, 0.29) is 4.90 Å². The molecule has 4 N–H and O–H groups in total. The molecular weight excluding hydrogens is 250 g/mol. The van der Waals surface area contributed by atoms with E-state index in [4.69, 9.17) is 5.11 Å². The second-order valence-electron chi connectivity index (χ2n) is 3.04. The Labute approximate surface area is 97.1 Å². The Bertz CT molecular complexity index is 493. The summed E-state index contributed by atoms with van der Waals surface area (Å²) in [6, 6.07) is 1.33. The quantitative estimate of drug-likeness (QED) is 0.495. The molecule has 0 bridgehead atoms. The first-order valence-electron chi connectivity index (χ1n) is 4.53. The van der Waals surface area contributed by atoms with Crippen LogP contribution in [-0.4, -0.2) is 43.5 Å². The molecule has 1 heterocycles. The number of rotatable bonds is 6. The Kier molecular flexibility index (Phi) is 4.24. The molecule has 1 aromatic heterocycles. The normalized spacial score (nSPS) is 11.1. The van der Waals surface area contributed by atoms with Gasteiger partial charge in [0.15, 0.2) is 0 Å². The van der Waals surface area contributed by atoms with E-state index >= 15 is 0 Å². The number of H-pyrrole nitrogens is 1. The number of sulfonamides is 1. The lowest BCUT2D eigenvalue weighted by Gasteiger charge is -2.04. The van der Waals surface area contributed by atoms with Crippen LogP contribution in [0, 0.1) is 0 Å². The van der Waals surface area contributed by atoms with Gasteiger partial charge in [0.2, 0.25) is 15.9 Å². The molecule has 0 spiro atoms. The van der Waals surface area contributed by atoms with Crippen LogP contribution < -0.4 is 10.0 Å². The van der Waals surface area contributed by atoms with Crippen LogP contribution in [0.5, 0.6) is 0 Å². The van der Waals surface area contributed by atoms with Gasteiger partial charge in [-0.1, -0.05) is 0 Å². The van der Waals surface area contributed by atoms with Crippen LogP contribution in [0.3, 0.4) is 0 Å². The minimum absolute atomic E-state index is 0.00327. The number of hydrogen-bond donors (Lipinski definition) is 4. The van der Waals surface area contributed by atoms with Crippen LogP contribution in [0.1, 0.15) is 0 Å². The van der Waals surface area contributed by atoms with Crippen molar-refractivity contribution in [2.24, 2.45) is 0 Å². The first kappa shape index (κ1) is 13.2. The van der Waals surface area contributed by atoms with E-state index in [0.717, 1.165) is 0 Å². The molecule has 8 nitrogen and oxygen atoms in total. The zero-order valence-electron chi connectivity index (χ0n) is 8.63. The summed E-state index contributed by atoms with van der Waals surface area (Å²) in [7, 11) is -3.74. The maximum Gasteiger partial charge on any atom is 0.322 e. The summed E-state index contributed by atoms with van der Waals surface area (Å²) in [6.07, 6.45) is 2.69. The average Bonchev–Trinajstić information content (AvgIpc) is 2.77. The molecule has 9 heteroatoms. The zero-order chi connectivity index (χ0) is 12.9. The van der Waals surface area contributed by atoms with Crippen LogP contribution >= 0.6 is 0 Å². The van der Waals surface area contributed by atoms with E-state index in [2.05, 4.69) is 4.98 Å². The van der Waals surface area contributed by atoms with Gasteiger partial charge in [0.05, 0.1) is 11.4 Å². The van der Waals surface area contributed by atoms with Gasteiger partial charge < -0.3 is 15.4 Å². The van der Waals surface area contributed by atoms with Crippen molar-refractivity contribution in [2.45, 2.75) is 4.90 Å². The van der Waals surface area contributed by atoms with Crippen molar-refractivity contribution < 1.29 is 23.1 Å². The third-order valence-corrected chi connectivity index (χ3v) is 3.14. The first-order valence-corrected chi connectivity index (χ1v) is 6.01. The Hall–Kier alpha value is -1.87. The highest BCUT2D eigenvalue weighted by Crippen LogP contribution is 2.04. The lowest BCUT2D eigenvalue weighted by atomic mass is 10.5. The van der Waals surface area contributed by atoms with Gasteiger partial charge in [0.25, 0.3) is 0 Å². The summed E-state index contributed by atoms with van der Waals surface area (Å²) >= 11 is 0. The largest absolute Gasteiger partial charge is 0.480 e. The molecule has 1 rings (SSSR count). The summed E-state index contributed by atoms with van der Waals surface area (Å²) in [5, 5.41) is 10.3. The third-order valence-electron chi connectivity index (χ3n) is 1.74. The maximum atomic E-state index is 11.5. The van der Waals surface area contributed by atoms with Gasteiger partial charge >= 0.3 is 5.97 Å². The molecule has 1 aromatic rings. The third kappa shape index (κ3) is 4.25. The number of aromatic nitrogens is 1. The Morgan fingerprint density at radius 1 is 1.35 bits per heavy atom. The van der Waals surface area contributed by atoms with Gasteiger partial charge in [-0.05, 0) is 6.07 Å². The van der Waals surface area contributed by atoms with Crippen molar-refractivity contribution in [3.63, 3.8) is 0 Å². The van der Waals surface area contributed by atoms with Crippen molar-refractivity contribution >= 4 is 21.9 Å². The SMILES string of the molecule is O=C(O)CNC(=O)CNS(=O)(=O)c1cc[nH]c1. The summed E-state index contributed by atoms with van der Waals surface area (Å²) < 4.78 is 25.0. The van der Waals surface area contributed by atoms with Gasteiger partial charge in [-0.3, -0.25) is 9.59 Å². The number of carboxylic acid groups (broad SMARTS) is 1. The van der Waals surface area contributed by atoms with E-state index in [9.17, 15) is 18.0 Å². The zero-order valence-corrected chi connectivity index (χ0v) is 9.45. The molecule has 0 fully saturated rings. The van der Waals surface area contributed by atoms with Crippen molar-refractivity contribution in [1.29, 1.82) is 0 Å². The number of amides is 1. The second-order valence-corrected chi connectivity index (χ2v) is 4.81. The number of carbonyl (C=O) groups excluding carboxylic acids is 1. The van der Waals surface area contributed by atoms with Crippen molar-refractivity contribution in [3.05, 3.63) is 18.5 Å². The lowest BCUT2D eigenvalue weighted by molar-refractivity contribution is -0.137. The topological polar surface area (TPSA) is 128 Å². The molecule has 17 heavy (non-hydrogen) atoms. The monoisotopic (exact) mass is 261 g/mol. The van der Waals surface area contributed by atoms with Gasteiger partial charge in [-0.25, -0.2) is 13.1 Å². The van der Waals surface area contributed by atoms with Crippen molar-refractivity contribution in [2.75, 3.05) is 13.1 Å². The molecule has 1 amide bonds.